The first-order valence-corrected chi connectivity index (χ1v) is 13.0. The normalized spacial score (nSPS) is 14.9. The molecule has 2 atom stereocenters. The highest BCUT2D eigenvalue weighted by atomic mass is 32.1. The van der Waals surface area contributed by atoms with Crippen molar-refractivity contribution in [3.63, 3.8) is 0 Å². The van der Waals surface area contributed by atoms with Gasteiger partial charge in [-0.3, -0.25) is 4.68 Å². The summed E-state index contributed by atoms with van der Waals surface area (Å²) < 4.78 is 2.13. The summed E-state index contributed by atoms with van der Waals surface area (Å²) in [6.45, 7) is 22.4. The zero-order valence-electron chi connectivity index (χ0n) is 22.1. The summed E-state index contributed by atoms with van der Waals surface area (Å²) in [6.07, 6.45) is 8.27. The molecule has 2 unspecified atom stereocenters. The van der Waals surface area contributed by atoms with Crippen LogP contribution in [0.4, 0.5) is 0 Å². The monoisotopic (exact) mass is 470 g/mol. The molecule has 0 aliphatic heterocycles. The van der Waals surface area contributed by atoms with Gasteiger partial charge in [0.05, 0.1) is 6.20 Å². The maximum Gasteiger partial charge on any atom is 0.120 e. The van der Waals surface area contributed by atoms with Crippen molar-refractivity contribution in [3.05, 3.63) is 45.7 Å². The van der Waals surface area contributed by atoms with Gasteiger partial charge < -0.3 is 4.98 Å². The molecule has 0 fully saturated rings. The third kappa shape index (κ3) is 5.92. The van der Waals surface area contributed by atoms with E-state index in [2.05, 4.69) is 100 Å². The van der Waals surface area contributed by atoms with Crippen LogP contribution < -0.4 is 0 Å². The Hall–Kier alpha value is -2.02. The molecular weight excluding hydrogens is 428 g/mol. The topological polar surface area (TPSA) is 72.3 Å². The minimum Gasteiger partial charge on any atom is -0.345 e. The Bertz CT molecular complexity index is 1040. The molecule has 7 heteroatoms. The van der Waals surface area contributed by atoms with E-state index in [9.17, 15) is 0 Å². The third-order valence-corrected chi connectivity index (χ3v) is 8.16. The summed E-state index contributed by atoms with van der Waals surface area (Å²) in [7, 11) is 0. The lowest BCUT2D eigenvalue weighted by Gasteiger charge is -2.28. The molecule has 3 aromatic rings. The Labute approximate surface area is 203 Å². The number of aromatic nitrogens is 6. The van der Waals surface area contributed by atoms with E-state index in [1.54, 1.807) is 11.3 Å². The molecular formula is C26H42N6S. The van der Waals surface area contributed by atoms with E-state index in [0.717, 1.165) is 28.7 Å². The van der Waals surface area contributed by atoms with Crippen molar-refractivity contribution in [2.24, 2.45) is 0 Å². The molecule has 0 aliphatic rings. The first-order chi connectivity index (χ1) is 15.3. The fraction of sp³-hybridized carbons (Fsp3) is 0.692. The van der Waals surface area contributed by atoms with Gasteiger partial charge in [0.2, 0.25) is 0 Å². The molecule has 3 heterocycles. The van der Waals surface area contributed by atoms with Crippen molar-refractivity contribution >= 4 is 11.3 Å². The summed E-state index contributed by atoms with van der Waals surface area (Å²) >= 11 is 1.75. The Morgan fingerprint density at radius 2 is 1.55 bits per heavy atom. The van der Waals surface area contributed by atoms with Crippen LogP contribution in [0.1, 0.15) is 133 Å². The van der Waals surface area contributed by atoms with Crippen LogP contribution in [0, 0.1) is 0 Å². The molecule has 3 rings (SSSR count). The average Bonchev–Trinajstić information content (AvgIpc) is 3.47. The minimum absolute atomic E-state index is 0.00606. The second-order valence-electron chi connectivity index (χ2n) is 11.6. The third-order valence-electron chi connectivity index (χ3n) is 6.70. The summed E-state index contributed by atoms with van der Waals surface area (Å²) in [5, 5.41) is 15.9. The molecule has 0 bridgehead atoms. The van der Waals surface area contributed by atoms with Crippen LogP contribution in [0.5, 0.6) is 0 Å². The van der Waals surface area contributed by atoms with Gasteiger partial charge in [0, 0.05) is 47.3 Å². The number of rotatable bonds is 10. The van der Waals surface area contributed by atoms with Gasteiger partial charge >= 0.3 is 0 Å². The molecule has 0 radical (unpaired) electrons. The lowest BCUT2D eigenvalue weighted by Crippen LogP contribution is -2.23. The van der Waals surface area contributed by atoms with Crippen molar-refractivity contribution in [1.82, 2.24) is 29.9 Å². The van der Waals surface area contributed by atoms with Gasteiger partial charge in [0.1, 0.15) is 15.8 Å². The molecule has 0 aliphatic carbocycles. The van der Waals surface area contributed by atoms with Crippen molar-refractivity contribution in [2.75, 3.05) is 0 Å². The van der Waals surface area contributed by atoms with Crippen LogP contribution >= 0.6 is 11.3 Å². The maximum atomic E-state index is 4.77. The first-order valence-electron chi connectivity index (χ1n) is 12.2. The number of nitrogens with zero attached hydrogens (tertiary/aromatic N) is 5. The van der Waals surface area contributed by atoms with Crippen LogP contribution in [-0.4, -0.2) is 29.9 Å². The van der Waals surface area contributed by atoms with Gasteiger partial charge in [0.15, 0.2) is 0 Å². The molecule has 0 aromatic carbocycles. The van der Waals surface area contributed by atoms with E-state index < -0.39 is 0 Å². The Balaban J connectivity index is 1.68. The number of hydrogen-bond donors (Lipinski definition) is 1. The lowest BCUT2D eigenvalue weighted by molar-refractivity contribution is 0.347. The molecule has 0 spiro atoms. The largest absolute Gasteiger partial charge is 0.345 e. The minimum atomic E-state index is -0.0122. The maximum absolute atomic E-state index is 4.77. The van der Waals surface area contributed by atoms with Crippen molar-refractivity contribution in [3.8, 4) is 0 Å². The Morgan fingerprint density at radius 1 is 0.879 bits per heavy atom. The lowest BCUT2D eigenvalue weighted by atomic mass is 9.79. The van der Waals surface area contributed by atoms with Crippen LogP contribution in [0.25, 0.3) is 0 Å². The van der Waals surface area contributed by atoms with Gasteiger partial charge in [-0.05, 0) is 30.7 Å². The van der Waals surface area contributed by atoms with E-state index >= 15 is 0 Å². The zero-order valence-corrected chi connectivity index (χ0v) is 22.9. The Kier molecular flexibility index (Phi) is 7.52. The van der Waals surface area contributed by atoms with Crippen LogP contribution in [0.3, 0.4) is 0 Å². The van der Waals surface area contributed by atoms with Gasteiger partial charge in [-0.1, -0.05) is 62.3 Å². The molecule has 182 valence electrons. The van der Waals surface area contributed by atoms with Crippen LogP contribution in [0.2, 0.25) is 0 Å². The number of nitrogens with one attached hydrogen (secondary N) is 1. The molecule has 0 saturated carbocycles. The molecule has 6 nitrogen and oxygen atoms in total. The summed E-state index contributed by atoms with van der Waals surface area (Å²) in [6, 6.07) is 0.282. The zero-order chi connectivity index (χ0) is 24.6. The van der Waals surface area contributed by atoms with E-state index in [-0.39, 0.29) is 16.9 Å². The SMILES string of the molecule is CC(C)c1ncc(C(C)(C)CC(C)n2cc(C(C)(C)CC(C)c3nnc(C(C)C)s3)cn2)[nH]1. The van der Waals surface area contributed by atoms with Crippen molar-refractivity contribution < 1.29 is 0 Å². The van der Waals surface area contributed by atoms with Crippen molar-refractivity contribution in [2.45, 2.75) is 117 Å². The number of hydrogen-bond acceptors (Lipinski definition) is 5. The summed E-state index contributed by atoms with van der Waals surface area (Å²) in [5.41, 5.74) is 2.46. The van der Waals surface area contributed by atoms with Crippen molar-refractivity contribution in [1.29, 1.82) is 0 Å². The van der Waals surface area contributed by atoms with Crippen LogP contribution in [-0.2, 0) is 10.8 Å². The summed E-state index contributed by atoms with van der Waals surface area (Å²) in [4.78, 5) is 8.11. The van der Waals surface area contributed by atoms with Gasteiger partial charge in [-0.2, -0.15) is 5.10 Å². The highest BCUT2D eigenvalue weighted by molar-refractivity contribution is 7.11. The second-order valence-corrected chi connectivity index (χ2v) is 12.6. The highest BCUT2D eigenvalue weighted by Crippen LogP contribution is 2.37. The average molecular weight is 471 g/mol. The van der Waals surface area contributed by atoms with E-state index in [1.807, 2.05) is 12.4 Å². The number of aromatic amines is 1. The molecule has 33 heavy (non-hydrogen) atoms. The first kappa shape index (κ1) is 25.6. The van der Waals surface area contributed by atoms with E-state index in [4.69, 9.17) is 5.10 Å². The quantitative estimate of drug-likeness (QED) is 0.343. The highest BCUT2D eigenvalue weighted by Gasteiger charge is 2.30. The van der Waals surface area contributed by atoms with E-state index in [0.29, 0.717) is 17.8 Å². The fourth-order valence-electron chi connectivity index (χ4n) is 4.49. The molecule has 3 aromatic heterocycles. The molecule has 0 saturated heterocycles. The molecule has 1 N–H and O–H groups in total. The number of H-pyrrole nitrogens is 1. The predicted molar refractivity (Wildman–Crippen MR) is 137 cm³/mol. The van der Waals surface area contributed by atoms with Crippen LogP contribution in [0.15, 0.2) is 18.6 Å². The Morgan fingerprint density at radius 3 is 2.12 bits per heavy atom. The smallest absolute Gasteiger partial charge is 0.120 e. The van der Waals surface area contributed by atoms with Gasteiger partial charge in [-0.15, -0.1) is 21.5 Å². The van der Waals surface area contributed by atoms with Gasteiger partial charge in [0.25, 0.3) is 0 Å². The fourth-order valence-corrected chi connectivity index (χ4v) is 5.39. The second kappa shape index (κ2) is 9.69. The number of imidazole rings is 1. The summed E-state index contributed by atoms with van der Waals surface area (Å²) in [5.74, 6) is 2.25. The standard InChI is InChI=1S/C26H42N6S/c1-16(2)22-27-14-21(29-22)26(9,10)12-19(6)32-15-20(13-28-32)25(7,8)11-18(5)24-31-30-23(33-24)17(3)4/h13-19H,11-12H2,1-10H3,(H,27,29). The van der Waals surface area contributed by atoms with E-state index in [1.165, 1.54) is 11.3 Å². The van der Waals surface area contributed by atoms with Gasteiger partial charge in [-0.25, -0.2) is 4.98 Å². The molecule has 0 amide bonds. The predicted octanol–water partition coefficient (Wildman–Crippen LogP) is 7.10.